The molecule has 0 aromatic rings. The highest BCUT2D eigenvalue weighted by Crippen LogP contribution is 2.39. The second-order valence-corrected chi connectivity index (χ2v) is 7.64. The van der Waals surface area contributed by atoms with Crippen molar-refractivity contribution in [1.29, 1.82) is 0 Å². The van der Waals surface area contributed by atoms with Crippen molar-refractivity contribution in [3.8, 4) is 0 Å². The van der Waals surface area contributed by atoms with Crippen LogP contribution in [0.3, 0.4) is 0 Å². The first-order valence-corrected chi connectivity index (χ1v) is 9.50. The maximum absolute atomic E-state index is 4.04. The predicted octanol–water partition coefficient (Wildman–Crippen LogP) is 3.06. The van der Waals surface area contributed by atoms with E-state index in [2.05, 4.69) is 22.2 Å². The molecule has 0 bridgehead atoms. The molecule has 1 unspecified atom stereocenters. The first-order valence-electron chi connectivity index (χ1n) is 9.50. The molecule has 3 heteroatoms. The Kier molecular flexibility index (Phi) is 5.58. The number of piperidine rings is 1. The van der Waals surface area contributed by atoms with Gasteiger partial charge in [0.2, 0.25) is 0 Å². The van der Waals surface area contributed by atoms with E-state index in [9.17, 15) is 0 Å². The van der Waals surface area contributed by atoms with Gasteiger partial charge in [-0.2, -0.15) is 0 Å². The third kappa shape index (κ3) is 3.62. The minimum atomic E-state index is 0.344. The lowest BCUT2D eigenvalue weighted by molar-refractivity contribution is -0.0517. The van der Waals surface area contributed by atoms with Crippen molar-refractivity contribution in [1.82, 2.24) is 15.1 Å². The van der Waals surface area contributed by atoms with Crippen LogP contribution in [0.15, 0.2) is 0 Å². The molecule has 3 fully saturated rings. The van der Waals surface area contributed by atoms with Gasteiger partial charge in [0, 0.05) is 26.2 Å². The molecule has 1 N–H and O–H groups in total. The maximum Gasteiger partial charge on any atom is 0.0742 e. The Labute approximate surface area is 131 Å². The SMILES string of the molecule is CN1CCN(C2(C3CCCCCCC3)CCCCN2)CC1. The quantitative estimate of drug-likeness (QED) is 0.844. The second-order valence-electron chi connectivity index (χ2n) is 7.64. The summed E-state index contributed by atoms with van der Waals surface area (Å²) in [5.41, 5.74) is 0.344. The van der Waals surface area contributed by atoms with E-state index in [1.165, 1.54) is 96.9 Å². The van der Waals surface area contributed by atoms with Gasteiger partial charge < -0.3 is 4.90 Å². The highest BCUT2D eigenvalue weighted by Gasteiger charge is 2.44. The van der Waals surface area contributed by atoms with Crippen LogP contribution in [0, 0.1) is 5.92 Å². The number of hydrogen-bond donors (Lipinski definition) is 1. The molecule has 0 amide bonds. The fourth-order valence-electron chi connectivity index (χ4n) is 4.93. The van der Waals surface area contributed by atoms with E-state index < -0.39 is 0 Å². The molecule has 2 heterocycles. The molecule has 2 aliphatic heterocycles. The molecule has 3 rings (SSSR count). The van der Waals surface area contributed by atoms with Crippen LogP contribution in [0.25, 0.3) is 0 Å². The van der Waals surface area contributed by atoms with Crippen molar-refractivity contribution in [2.24, 2.45) is 5.92 Å². The standard InChI is InChI=1S/C18H35N3/c1-20-13-15-21(16-14-20)18(11-7-8-12-19-18)17-9-5-3-2-4-6-10-17/h17,19H,2-16H2,1H3. The maximum atomic E-state index is 4.04. The van der Waals surface area contributed by atoms with Gasteiger partial charge in [-0.3, -0.25) is 10.2 Å². The van der Waals surface area contributed by atoms with Crippen LogP contribution in [0.1, 0.15) is 64.2 Å². The van der Waals surface area contributed by atoms with Gasteiger partial charge in [-0.05, 0) is 51.6 Å². The summed E-state index contributed by atoms with van der Waals surface area (Å²) in [6.07, 6.45) is 14.4. The molecule has 2 saturated heterocycles. The molecule has 0 aromatic carbocycles. The summed E-state index contributed by atoms with van der Waals surface area (Å²) in [5, 5.41) is 4.04. The number of hydrogen-bond acceptors (Lipinski definition) is 3. The predicted molar refractivity (Wildman–Crippen MR) is 89.5 cm³/mol. The Hall–Kier alpha value is -0.120. The van der Waals surface area contributed by atoms with Crippen LogP contribution in [0.2, 0.25) is 0 Å². The Bertz CT molecular complexity index is 296. The summed E-state index contributed by atoms with van der Waals surface area (Å²) in [5.74, 6) is 0.890. The number of piperazine rings is 1. The minimum absolute atomic E-state index is 0.344. The Morgan fingerprint density at radius 3 is 2.10 bits per heavy atom. The van der Waals surface area contributed by atoms with Crippen LogP contribution >= 0.6 is 0 Å². The Morgan fingerprint density at radius 2 is 1.48 bits per heavy atom. The van der Waals surface area contributed by atoms with E-state index >= 15 is 0 Å². The van der Waals surface area contributed by atoms with Gasteiger partial charge in [0.1, 0.15) is 0 Å². The van der Waals surface area contributed by atoms with E-state index in [-0.39, 0.29) is 0 Å². The normalized spacial score (nSPS) is 35.3. The van der Waals surface area contributed by atoms with Crippen LogP contribution in [0.4, 0.5) is 0 Å². The first kappa shape index (κ1) is 15.8. The Morgan fingerprint density at radius 1 is 0.810 bits per heavy atom. The number of nitrogens with one attached hydrogen (secondary N) is 1. The number of nitrogens with zero attached hydrogens (tertiary/aromatic N) is 2. The number of likely N-dealkylation sites (N-methyl/N-ethyl adjacent to an activating group) is 1. The highest BCUT2D eigenvalue weighted by molar-refractivity contribution is 4.98. The smallest absolute Gasteiger partial charge is 0.0742 e. The van der Waals surface area contributed by atoms with Crippen LogP contribution in [-0.2, 0) is 0 Å². The molecule has 21 heavy (non-hydrogen) atoms. The summed E-state index contributed by atoms with van der Waals surface area (Å²) in [4.78, 5) is 5.34. The van der Waals surface area contributed by atoms with E-state index in [1.54, 1.807) is 0 Å². The van der Waals surface area contributed by atoms with Crippen molar-refractivity contribution in [3.63, 3.8) is 0 Å². The average molecular weight is 293 g/mol. The molecule has 0 spiro atoms. The molecule has 0 aromatic heterocycles. The highest BCUT2D eigenvalue weighted by atomic mass is 15.4. The molecule has 1 aliphatic carbocycles. The summed E-state index contributed by atoms with van der Waals surface area (Å²) in [6.45, 7) is 6.26. The summed E-state index contributed by atoms with van der Waals surface area (Å²) >= 11 is 0. The van der Waals surface area contributed by atoms with Crippen molar-refractivity contribution in [3.05, 3.63) is 0 Å². The summed E-state index contributed by atoms with van der Waals surface area (Å²) in [6, 6.07) is 0. The largest absolute Gasteiger partial charge is 0.304 e. The van der Waals surface area contributed by atoms with Gasteiger partial charge in [-0.15, -0.1) is 0 Å². The van der Waals surface area contributed by atoms with Crippen LogP contribution in [-0.4, -0.2) is 55.2 Å². The van der Waals surface area contributed by atoms with Crippen LogP contribution in [0.5, 0.6) is 0 Å². The van der Waals surface area contributed by atoms with Crippen molar-refractivity contribution in [2.45, 2.75) is 69.9 Å². The lowest BCUT2D eigenvalue weighted by Gasteiger charge is -2.54. The van der Waals surface area contributed by atoms with Gasteiger partial charge in [-0.25, -0.2) is 0 Å². The van der Waals surface area contributed by atoms with Crippen molar-refractivity contribution >= 4 is 0 Å². The molecule has 1 saturated carbocycles. The van der Waals surface area contributed by atoms with Crippen molar-refractivity contribution < 1.29 is 0 Å². The fourth-order valence-corrected chi connectivity index (χ4v) is 4.93. The summed E-state index contributed by atoms with van der Waals surface area (Å²) < 4.78 is 0. The molecule has 3 aliphatic rings. The van der Waals surface area contributed by atoms with Crippen molar-refractivity contribution in [2.75, 3.05) is 39.8 Å². The summed E-state index contributed by atoms with van der Waals surface area (Å²) in [7, 11) is 2.27. The molecule has 1 atom stereocenters. The fraction of sp³-hybridized carbons (Fsp3) is 1.00. The van der Waals surface area contributed by atoms with Gasteiger partial charge in [0.05, 0.1) is 5.66 Å². The average Bonchev–Trinajstić information content (AvgIpc) is 2.48. The minimum Gasteiger partial charge on any atom is -0.304 e. The zero-order chi connectivity index (χ0) is 14.5. The second kappa shape index (κ2) is 7.43. The van der Waals surface area contributed by atoms with E-state index in [4.69, 9.17) is 0 Å². The van der Waals surface area contributed by atoms with Crippen LogP contribution < -0.4 is 5.32 Å². The lowest BCUT2D eigenvalue weighted by atomic mass is 9.76. The van der Waals surface area contributed by atoms with E-state index in [0.717, 1.165) is 5.92 Å². The molecular formula is C18H35N3. The first-order chi connectivity index (χ1) is 10.3. The van der Waals surface area contributed by atoms with Gasteiger partial charge in [0.15, 0.2) is 0 Å². The molecule has 3 nitrogen and oxygen atoms in total. The molecular weight excluding hydrogens is 258 g/mol. The third-order valence-electron chi connectivity index (χ3n) is 6.26. The van der Waals surface area contributed by atoms with E-state index in [1.807, 2.05) is 0 Å². The number of rotatable bonds is 2. The monoisotopic (exact) mass is 293 g/mol. The zero-order valence-electron chi connectivity index (χ0n) is 14.1. The topological polar surface area (TPSA) is 18.5 Å². The van der Waals surface area contributed by atoms with Gasteiger partial charge >= 0.3 is 0 Å². The molecule has 122 valence electrons. The van der Waals surface area contributed by atoms with E-state index in [0.29, 0.717) is 5.66 Å². The van der Waals surface area contributed by atoms with Gasteiger partial charge in [-0.1, -0.05) is 32.1 Å². The Balaban J connectivity index is 1.74. The van der Waals surface area contributed by atoms with Gasteiger partial charge in [0.25, 0.3) is 0 Å². The third-order valence-corrected chi connectivity index (χ3v) is 6.26. The molecule has 0 radical (unpaired) electrons. The lowest BCUT2D eigenvalue weighted by Crippen LogP contribution is -2.68. The zero-order valence-corrected chi connectivity index (χ0v) is 14.1.